The van der Waals surface area contributed by atoms with Crippen LogP contribution in [0.2, 0.25) is 0 Å². The van der Waals surface area contributed by atoms with Gasteiger partial charge in [-0.25, -0.2) is 9.59 Å². The predicted molar refractivity (Wildman–Crippen MR) is 115 cm³/mol. The largest absolute Gasteiger partial charge is 0.479 e. The summed E-state index contributed by atoms with van der Waals surface area (Å²) >= 11 is 0. The fraction of sp³-hybridized carbons (Fsp3) is 0.200. The SMILES string of the molecule is C=CC1=C(C=C)[C@@H](C(=O)O)N(C(=O)OCC2c3ccccc3-c3ccccc32)CC1. The standard InChI is InChI=1S/C25H23NO4/c1-3-16-13-14-26(23(24(27)28)17(16)4-2)25(29)30-15-22-20-11-7-5-9-18(20)19-10-6-8-12-21(19)22/h3-12,22-23H,1-2,13-15H2,(H,27,28)/t23-/m0/s1. The van der Waals surface area contributed by atoms with Crippen LogP contribution >= 0.6 is 0 Å². The van der Waals surface area contributed by atoms with Crippen molar-refractivity contribution in [1.29, 1.82) is 0 Å². The Hall–Kier alpha value is -3.60. The third-order valence-corrected chi connectivity index (χ3v) is 5.87. The minimum Gasteiger partial charge on any atom is -0.479 e. The summed E-state index contributed by atoms with van der Waals surface area (Å²) in [5, 5.41) is 9.75. The smallest absolute Gasteiger partial charge is 0.410 e. The highest BCUT2D eigenvalue weighted by atomic mass is 16.6. The molecule has 0 bridgehead atoms. The number of amides is 1. The molecule has 1 aliphatic carbocycles. The van der Waals surface area contributed by atoms with Gasteiger partial charge in [-0.15, -0.1) is 0 Å². The molecule has 0 fully saturated rings. The third kappa shape index (κ3) is 3.22. The van der Waals surface area contributed by atoms with Gasteiger partial charge in [-0.3, -0.25) is 4.90 Å². The van der Waals surface area contributed by atoms with Crippen LogP contribution in [0.15, 0.2) is 85.0 Å². The van der Waals surface area contributed by atoms with E-state index in [1.807, 2.05) is 36.4 Å². The molecule has 152 valence electrons. The first-order valence-corrected chi connectivity index (χ1v) is 9.89. The number of carboxylic acids is 1. The predicted octanol–water partition coefficient (Wildman–Crippen LogP) is 4.76. The molecule has 30 heavy (non-hydrogen) atoms. The van der Waals surface area contributed by atoms with E-state index in [9.17, 15) is 14.7 Å². The average molecular weight is 401 g/mol. The highest BCUT2D eigenvalue weighted by molar-refractivity contribution is 5.85. The number of carbonyl (C=O) groups is 2. The zero-order valence-electron chi connectivity index (χ0n) is 16.6. The van der Waals surface area contributed by atoms with Crippen LogP contribution in [0.3, 0.4) is 0 Å². The zero-order valence-corrected chi connectivity index (χ0v) is 16.6. The molecule has 0 saturated carbocycles. The van der Waals surface area contributed by atoms with Gasteiger partial charge in [0.1, 0.15) is 6.61 Å². The molecule has 1 heterocycles. The number of carboxylic acid groups (broad SMARTS) is 1. The fourth-order valence-electron chi connectivity index (χ4n) is 4.46. The molecule has 1 atom stereocenters. The lowest BCUT2D eigenvalue weighted by Crippen LogP contribution is -2.49. The molecule has 0 spiro atoms. The lowest BCUT2D eigenvalue weighted by Gasteiger charge is -2.34. The molecule has 0 unspecified atom stereocenters. The maximum atomic E-state index is 12.9. The molecule has 1 N–H and O–H groups in total. The van der Waals surface area contributed by atoms with Crippen molar-refractivity contribution >= 4 is 12.1 Å². The van der Waals surface area contributed by atoms with E-state index in [0.717, 1.165) is 27.8 Å². The second kappa shape index (κ2) is 8.03. The molecule has 2 aromatic rings. The van der Waals surface area contributed by atoms with E-state index in [1.54, 1.807) is 6.08 Å². The lowest BCUT2D eigenvalue weighted by atomic mass is 9.93. The van der Waals surface area contributed by atoms with Crippen molar-refractivity contribution in [3.8, 4) is 11.1 Å². The molecule has 4 rings (SSSR count). The molecule has 0 saturated heterocycles. The molecular formula is C25H23NO4. The molecular weight excluding hydrogens is 378 g/mol. The van der Waals surface area contributed by atoms with E-state index >= 15 is 0 Å². The van der Waals surface area contributed by atoms with Gasteiger partial charge in [-0.05, 0) is 39.8 Å². The van der Waals surface area contributed by atoms with Gasteiger partial charge in [-0.1, -0.05) is 73.8 Å². The Morgan fingerprint density at radius 3 is 2.17 bits per heavy atom. The van der Waals surface area contributed by atoms with Crippen molar-refractivity contribution in [3.05, 3.63) is 96.1 Å². The van der Waals surface area contributed by atoms with Gasteiger partial charge in [0.05, 0.1) is 0 Å². The summed E-state index contributed by atoms with van der Waals surface area (Å²) in [6, 6.07) is 15.0. The zero-order chi connectivity index (χ0) is 21.3. The first-order valence-electron chi connectivity index (χ1n) is 9.89. The van der Waals surface area contributed by atoms with E-state index in [0.29, 0.717) is 12.0 Å². The first kappa shape index (κ1) is 19.7. The summed E-state index contributed by atoms with van der Waals surface area (Å²) in [6.07, 6.45) is 2.99. The highest BCUT2D eigenvalue weighted by Gasteiger charge is 2.38. The number of benzene rings is 2. The summed E-state index contributed by atoms with van der Waals surface area (Å²) < 4.78 is 5.66. The molecule has 5 heteroatoms. The van der Waals surface area contributed by atoms with Crippen molar-refractivity contribution in [2.45, 2.75) is 18.4 Å². The van der Waals surface area contributed by atoms with Gasteiger partial charge in [-0.2, -0.15) is 0 Å². The number of ether oxygens (including phenoxy) is 1. The van der Waals surface area contributed by atoms with Gasteiger partial charge >= 0.3 is 12.1 Å². The quantitative estimate of drug-likeness (QED) is 0.784. The van der Waals surface area contributed by atoms with Crippen LogP contribution in [0.4, 0.5) is 4.79 Å². The van der Waals surface area contributed by atoms with Crippen LogP contribution in [0.1, 0.15) is 23.5 Å². The molecule has 1 amide bonds. The van der Waals surface area contributed by atoms with Crippen molar-refractivity contribution in [3.63, 3.8) is 0 Å². The third-order valence-electron chi connectivity index (χ3n) is 5.87. The van der Waals surface area contributed by atoms with Crippen LogP contribution in [-0.2, 0) is 9.53 Å². The number of aliphatic carboxylic acids is 1. The van der Waals surface area contributed by atoms with Gasteiger partial charge in [0.2, 0.25) is 0 Å². The Morgan fingerprint density at radius 1 is 1.03 bits per heavy atom. The van der Waals surface area contributed by atoms with Gasteiger partial charge in [0, 0.05) is 12.5 Å². The molecule has 2 aromatic carbocycles. The number of hydrogen-bond acceptors (Lipinski definition) is 3. The second-order valence-corrected chi connectivity index (χ2v) is 7.38. The monoisotopic (exact) mass is 401 g/mol. The molecule has 5 nitrogen and oxygen atoms in total. The highest BCUT2D eigenvalue weighted by Crippen LogP contribution is 2.44. The van der Waals surface area contributed by atoms with E-state index < -0.39 is 18.1 Å². The number of rotatable bonds is 5. The molecule has 1 aliphatic heterocycles. The van der Waals surface area contributed by atoms with Gasteiger partial charge < -0.3 is 9.84 Å². The van der Waals surface area contributed by atoms with Gasteiger partial charge in [0.25, 0.3) is 0 Å². The van der Waals surface area contributed by atoms with Crippen LogP contribution in [-0.4, -0.2) is 41.3 Å². The summed E-state index contributed by atoms with van der Waals surface area (Å²) in [5.74, 6) is -1.19. The molecule has 0 aromatic heterocycles. The number of carbonyl (C=O) groups excluding carboxylic acids is 1. The van der Waals surface area contributed by atoms with Gasteiger partial charge in [0.15, 0.2) is 6.04 Å². The average Bonchev–Trinajstić information content (AvgIpc) is 3.10. The lowest BCUT2D eigenvalue weighted by molar-refractivity contribution is -0.141. The number of hydrogen-bond donors (Lipinski definition) is 1. The van der Waals surface area contributed by atoms with Crippen molar-refractivity contribution < 1.29 is 19.4 Å². The maximum Gasteiger partial charge on any atom is 0.410 e. The van der Waals surface area contributed by atoms with Crippen LogP contribution < -0.4 is 0 Å². The van der Waals surface area contributed by atoms with Crippen molar-refractivity contribution in [2.24, 2.45) is 0 Å². The van der Waals surface area contributed by atoms with E-state index in [-0.39, 0.29) is 19.1 Å². The van der Waals surface area contributed by atoms with E-state index in [2.05, 4.69) is 25.3 Å². The van der Waals surface area contributed by atoms with Crippen LogP contribution in [0.5, 0.6) is 0 Å². The van der Waals surface area contributed by atoms with Crippen molar-refractivity contribution in [1.82, 2.24) is 4.90 Å². The maximum absolute atomic E-state index is 12.9. The van der Waals surface area contributed by atoms with Crippen molar-refractivity contribution in [2.75, 3.05) is 13.2 Å². The normalized spacial score (nSPS) is 17.9. The van der Waals surface area contributed by atoms with E-state index in [1.165, 1.54) is 11.0 Å². The fourth-order valence-corrected chi connectivity index (χ4v) is 4.46. The first-order chi connectivity index (χ1) is 14.6. The number of nitrogens with zero attached hydrogens (tertiary/aromatic N) is 1. The Morgan fingerprint density at radius 2 is 1.63 bits per heavy atom. The summed E-state index contributed by atoms with van der Waals surface area (Å²) in [5.41, 5.74) is 5.78. The summed E-state index contributed by atoms with van der Waals surface area (Å²) in [7, 11) is 0. The van der Waals surface area contributed by atoms with Crippen LogP contribution in [0.25, 0.3) is 11.1 Å². The Balaban J connectivity index is 1.57. The topological polar surface area (TPSA) is 66.8 Å². The summed E-state index contributed by atoms with van der Waals surface area (Å²) in [4.78, 5) is 26.1. The number of fused-ring (bicyclic) bond motifs is 3. The number of allylic oxidation sites excluding steroid dienone is 1. The minimum absolute atomic E-state index is 0.0763. The molecule has 0 radical (unpaired) electrons. The second-order valence-electron chi connectivity index (χ2n) is 7.38. The Kier molecular flexibility index (Phi) is 5.27. The summed E-state index contributed by atoms with van der Waals surface area (Å²) in [6.45, 7) is 7.87. The van der Waals surface area contributed by atoms with E-state index in [4.69, 9.17) is 4.74 Å². The minimum atomic E-state index is -1.13. The van der Waals surface area contributed by atoms with Crippen LogP contribution in [0, 0.1) is 0 Å². The molecule has 2 aliphatic rings. The Bertz CT molecular complexity index is 1020. The Labute approximate surface area is 175 Å².